The molecule has 3 rings (SSSR count). The van der Waals surface area contributed by atoms with Crippen molar-refractivity contribution in [1.82, 2.24) is 9.88 Å². The number of fused-ring (bicyclic) bond motifs is 1. The molecule has 1 aliphatic heterocycles. The minimum Gasteiger partial charge on any atom is -0.375 e. The lowest BCUT2D eigenvalue weighted by molar-refractivity contribution is -0.384. The highest BCUT2D eigenvalue weighted by atomic mass is 32.1. The minimum atomic E-state index is -0.372. The van der Waals surface area contributed by atoms with Crippen molar-refractivity contribution in [3.8, 4) is 0 Å². The average Bonchev–Trinajstić information content (AvgIpc) is 2.79. The van der Waals surface area contributed by atoms with Crippen LogP contribution in [0, 0.1) is 10.1 Å². The number of benzene rings is 1. The first-order valence-electron chi connectivity index (χ1n) is 7.49. The number of nitrogens with two attached hydrogens (primary N) is 1. The molecule has 1 aliphatic rings. The quantitative estimate of drug-likeness (QED) is 0.688. The maximum Gasteiger partial charge on any atom is 0.270 e. The summed E-state index contributed by atoms with van der Waals surface area (Å²) in [5.41, 5.74) is 7.86. The number of hydrogen-bond donors (Lipinski definition) is 1. The van der Waals surface area contributed by atoms with E-state index in [1.54, 1.807) is 23.5 Å². The molecule has 0 bridgehead atoms. The topological polar surface area (TPSA) is 85.3 Å². The van der Waals surface area contributed by atoms with Gasteiger partial charge in [-0.1, -0.05) is 24.3 Å². The lowest BCUT2D eigenvalue weighted by Crippen LogP contribution is -2.26. The molecule has 0 radical (unpaired) electrons. The first-order valence-corrected chi connectivity index (χ1v) is 8.31. The molecule has 2 aromatic rings. The van der Waals surface area contributed by atoms with E-state index < -0.39 is 0 Å². The summed E-state index contributed by atoms with van der Waals surface area (Å²) in [6.45, 7) is 2.76. The van der Waals surface area contributed by atoms with Crippen molar-refractivity contribution in [1.29, 1.82) is 0 Å². The zero-order valence-corrected chi connectivity index (χ0v) is 13.5. The zero-order chi connectivity index (χ0) is 16.2. The fraction of sp³-hybridized carbons (Fsp3) is 0.312. The number of hydrogen-bond acceptors (Lipinski definition) is 6. The van der Waals surface area contributed by atoms with E-state index in [1.807, 2.05) is 12.1 Å². The second kappa shape index (κ2) is 6.89. The standard InChI is InChI=1S/C16H18N4O2S/c17-16-18-14-6-9-19(10-7-15(14)23-16)8-2-4-12-3-1-5-13(11-12)20(21)22/h1-5,11H,6-10H2,(H2,17,18). The van der Waals surface area contributed by atoms with Crippen LogP contribution in [-0.2, 0) is 12.8 Å². The second-order valence-electron chi connectivity index (χ2n) is 5.48. The van der Waals surface area contributed by atoms with Crippen LogP contribution < -0.4 is 5.73 Å². The Morgan fingerprint density at radius 1 is 1.39 bits per heavy atom. The molecule has 2 heterocycles. The summed E-state index contributed by atoms with van der Waals surface area (Å²) in [5.74, 6) is 0. The largest absolute Gasteiger partial charge is 0.375 e. The lowest BCUT2D eigenvalue weighted by atomic mass is 10.2. The van der Waals surface area contributed by atoms with Crippen LogP contribution in [0.1, 0.15) is 16.1 Å². The van der Waals surface area contributed by atoms with E-state index in [2.05, 4.69) is 16.0 Å². The predicted octanol–water partition coefficient (Wildman–Crippen LogP) is 2.75. The van der Waals surface area contributed by atoms with Crippen molar-refractivity contribution in [2.24, 2.45) is 0 Å². The predicted molar refractivity (Wildman–Crippen MR) is 92.5 cm³/mol. The molecule has 2 N–H and O–H groups in total. The molecule has 0 saturated carbocycles. The van der Waals surface area contributed by atoms with Gasteiger partial charge in [0.1, 0.15) is 0 Å². The van der Waals surface area contributed by atoms with Crippen LogP contribution in [0.3, 0.4) is 0 Å². The zero-order valence-electron chi connectivity index (χ0n) is 12.6. The molecule has 120 valence electrons. The Morgan fingerprint density at radius 2 is 2.22 bits per heavy atom. The third-order valence-corrected chi connectivity index (χ3v) is 4.86. The highest BCUT2D eigenvalue weighted by Gasteiger charge is 2.16. The Morgan fingerprint density at radius 3 is 3.04 bits per heavy atom. The van der Waals surface area contributed by atoms with Crippen molar-refractivity contribution in [2.75, 3.05) is 25.4 Å². The van der Waals surface area contributed by atoms with Crippen molar-refractivity contribution in [3.05, 3.63) is 56.6 Å². The monoisotopic (exact) mass is 330 g/mol. The van der Waals surface area contributed by atoms with Gasteiger partial charge >= 0.3 is 0 Å². The van der Waals surface area contributed by atoms with E-state index in [4.69, 9.17) is 5.73 Å². The molecule has 0 atom stereocenters. The molecule has 0 saturated heterocycles. The molecular weight excluding hydrogens is 312 g/mol. The average molecular weight is 330 g/mol. The molecule has 0 fully saturated rings. The fourth-order valence-electron chi connectivity index (χ4n) is 2.69. The van der Waals surface area contributed by atoms with Gasteiger partial charge in [0.25, 0.3) is 5.69 Å². The summed E-state index contributed by atoms with van der Waals surface area (Å²) in [7, 11) is 0. The molecule has 0 aliphatic carbocycles. The van der Waals surface area contributed by atoms with Gasteiger partial charge in [-0.15, -0.1) is 11.3 Å². The van der Waals surface area contributed by atoms with Crippen molar-refractivity contribution in [2.45, 2.75) is 12.8 Å². The van der Waals surface area contributed by atoms with Crippen LogP contribution in [0.2, 0.25) is 0 Å². The minimum absolute atomic E-state index is 0.120. The number of nitro benzene ring substituents is 1. The summed E-state index contributed by atoms with van der Waals surface area (Å²) in [5, 5.41) is 11.4. The van der Waals surface area contributed by atoms with Gasteiger partial charge in [0, 0.05) is 43.1 Å². The number of nitrogens with zero attached hydrogens (tertiary/aromatic N) is 3. The van der Waals surface area contributed by atoms with Gasteiger partial charge in [0.2, 0.25) is 0 Å². The number of non-ortho nitro benzene ring substituents is 1. The van der Waals surface area contributed by atoms with Crippen LogP contribution in [-0.4, -0.2) is 34.4 Å². The first-order chi connectivity index (χ1) is 11.1. The van der Waals surface area contributed by atoms with E-state index in [9.17, 15) is 10.1 Å². The summed E-state index contributed by atoms with van der Waals surface area (Å²) in [6.07, 6.45) is 5.90. The molecule has 1 aromatic carbocycles. The van der Waals surface area contributed by atoms with Gasteiger partial charge in [-0.2, -0.15) is 0 Å². The highest BCUT2D eigenvalue weighted by Crippen LogP contribution is 2.24. The SMILES string of the molecule is Nc1nc2c(s1)CCN(CC=Cc1cccc([N+](=O)[O-])c1)CC2. The van der Waals surface area contributed by atoms with Crippen molar-refractivity contribution >= 4 is 28.2 Å². The van der Waals surface area contributed by atoms with Gasteiger partial charge in [0.15, 0.2) is 5.13 Å². The van der Waals surface area contributed by atoms with Crippen LogP contribution in [0.5, 0.6) is 0 Å². The molecule has 0 unspecified atom stereocenters. The Bertz CT molecular complexity index is 716. The molecule has 0 amide bonds. The number of nitrogen functional groups attached to an aromatic ring is 1. The number of thiazole rings is 1. The van der Waals surface area contributed by atoms with E-state index >= 15 is 0 Å². The van der Waals surface area contributed by atoms with Crippen LogP contribution in [0.4, 0.5) is 10.8 Å². The summed E-state index contributed by atoms with van der Waals surface area (Å²) >= 11 is 1.59. The third-order valence-electron chi connectivity index (χ3n) is 3.87. The first kappa shape index (κ1) is 15.6. The highest BCUT2D eigenvalue weighted by molar-refractivity contribution is 7.15. The van der Waals surface area contributed by atoms with Crippen molar-refractivity contribution in [3.63, 3.8) is 0 Å². The van der Waals surface area contributed by atoms with Gasteiger partial charge in [-0.3, -0.25) is 15.0 Å². The molecule has 7 heteroatoms. The number of aromatic nitrogens is 1. The molecule has 1 aromatic heterocycles. The van der Waals surface area contributed by atoms with Gasteiger partial charge in [0.05, 0.1) is 10.6 Å². The summed E-state index contributed by atoms with van der Waals surface area (Å²) in [6, 6.07) is 6.67. The van der Waals surface area contributed by atoms with Gasteiger partial charge in [-0.05, 0) is 12.0 Å². The third kappa shape index (κ3) is 3.94. The number of nitro groups is 1. The van der Waals surface area contributed by atoms with E-state index in [-0.39, 0.29) is 10.6 Å². The van der Waals surface area contributed by atoms with Crippen LogP contribution in [0.15, 0.2) is 30.3 Å². The molecule has 23 heavy (non-hydrogen) atoms. The van der Waals surface area contributed by atoms with Crippen LogP contribution >= 0.6 is 11.3 Å². The fourth-order valence-corrected chi connectivity index (χ4v) is 3.56. The molecule has 0 spiro atoms. The van der Waals surface area contributed by atoms with Gasteiger partial charge < -0.3 is 5.73 Å². The number of rotatable bonds is 4. The number of anilines is 1. The Kier molecular flexibility index (Phi) is 4.68. The summed E-state index contributed by atoms with van der Waals surface area (Å²) in [4.78, 5) is 18.5. The van der Waals surface area contributed by atoms with Gasteiger partial charge in [-0.25, -0.2) is 4.98 Å². The Hall–Kier alpha value is -2.25. The molecular formula is C16H18N4O2S. The Labute approximate surface area is 138 Å². The van der Waals surface area contributed by atoms with Crippen molar-refractivity contribution < 1.29 is 4.92 Å². The maximum absolute atomic E-state index is 10.8. The van der Waals surface area contributed by atoms with E-state index in [1.165, 1.54) is 10.9 Å². The van der Waals surface area contributed by atoms with E-state index in [0.29, 0.717) is 5.13 Å². The second-order valence-corrected chi connectivity index (χ2v) is 6.59. The van der Waals surface area contributed by atoms with E-state index in [0.717, 1.165) is 43.7 Å². The smallest absolute Gasteiger partial charge is 0.270 e. The lowest BCUT2D eigenvalue weighted by Gasteiger charge is -2.17. The normalized spacial score (nSPS) is 15.5. The maximum atomic E-state index is 10.8. The Balaban J connectivity index is 1.57. The molecule has 6 nitrogen and oxygen atoms in total. The van der Waals surface area contributed by atoms with Crippen LogP contribution in [0.25, 0.3) is 6.08 Å². The summed E-state index contributed by atoms with van der Waals surface area (Å²) < 4.78 is 0.